The maximum atomic E-state index is 12.2. The van der Waals surface area contributed by atoms with Crippen molar-refractivity contribution < 1.29 is 64.3 Å². The first-order chi connectivity index (χ1) is 7.01. The van der Waals surface area contributed by atoms with Gasteiger partial charge >= 0.3 is 58.4 Å². The second-order valence-electron chi connectivity index (χ2n) is 4.60. The standard InChI is InChI=1S/C10H20BF3N.K/c1-2-4-10-5-3-7-15(8-6-10)9-11(12,13)14;/h10H,2-9H2,1H3;/q-1;+1. The summed E-state index contributed by atoms with van der Waals surface area (Å²) < 4.78 is 36.7. The molecule has 1 nitrogen and oxygen atoms in total. The van der Waals surface area contributed by atoms with Crippen LogP contribution in [0.25, 0.3) is 0 Å². The van der Waals surface area contributed by atoms with E-state index in [1.54, 1.807) is 4.90 Å². The van der Waals surface area contributed by atoms with Crippen LogP contribution in [0.1, 0.15) is 39.0 Å². The van der Waals surface area contributed by atoms with Crippen LogP contribution in [0.5, 0.6) is 0 Å². The predicted octanol–water partition coefficient (Wildman–Crippen LogP) is 0.279. The van der Waals surface area contributed by atoms with Crippen LogP contribution in [0.3, 0.4) is 0 Å². The molecule has 1 aliphatic rings. The average Bonchev–Trinajstić information content (AvgIpc) is 2.29. The molecule has 0 amide bonds. The summed E-state index contributed by atoms with van der Waals surface area (Å²) in [4.78, 5) is 1.58. The first-order valence-corrected chi connectivity index (χ1v) is 5.94. The van der Waals surface area contributed by atoms with Gasteiger partial charge in [-0.1, -0.05) is 19.8 Å². The summed E-state index contributed by atoms with van der Waals surface area (Å²) in [5, 5.41) is 0. The first kappa shape index (κ1) is 17.5. The summed E-state index contributed by atoms with van der Waals surface area (Å²) in [6.45, 7) is -1.24. The zero-order valence-corrected chi connectivity index (χ0v) is 13.5. The molecule has 1 aliphatic heterocycles. The van der Waals surface area contributed by atoms with Gasteiger partial charge in [-0.3, -0.25) is 0 Å². The number of hydrogen-bond acceptors (Lipinski definition) is 1. The molecule has 6 heteroatoms. The molecule has 0 radical (unpaired) electrons. The van der Waals surface area contributed by atoms with Gasteiger partial charge in [0.25, 0.3) is 0 Å². The average molecular weight is 261 g/mol. The molecular weight excluding hydrogens is 241 g/mol. The third-order valence-electron chi connectivity index (χ3n) is 3.10. The summed E-state index contributed by atoms with van der Waals surface area (Å²) in [6.07, 6.45) is 4.63. The van der Waals surface area contributed by atoms with Gasteiger partial charge < -0.3 is 17.8 Å². The fourth-order valence-corrected chi connectivity index (χ4v) is 2.40. The normalized spacial score (nSPS) is 23.6. The molecule has 0 aromatic rings. The topological polar surface area (TPSA) is 3.24 Å². The second-order valence-corrected chi connectivity index (χ2v) is 4.60. The Morgan fingerprint density at radius 2 is 1.88 bits per heavy atom. The minimum absolute atomic E-state index is 0. The fourth-order valence-electron chi connectivity index (χ4n) is 2.40. The first-order valence-electron chi connectivity index (χ1n) is 5.94. The number of nitrogens with zero attached hydrogens (tertiary/aromatic N) is 1. The van der Waals surface area contributed by atoms with E-state index in [0.717, 1.165) is 25.7 Å². The van der Waals surface area contributed by atoms with Crippen molar-refractivity contribution in [3.63, 3.8) is 0 Å². The van der Waals surface area contributed by atoms with Crippen molar-refractivity contribution in [2.75, 3.05) is 19.5 Å². The van der Waals surface area contributed by atoms with Crippen molar-refractivity contribution in [2.24, 2.45) is 5.92 Å². The van der Waals surface area contributed by atoms with E-state index in [9.17, 15) is 12.9 Å². The van der Waals surface area contributed by atoms with E-state index in [0.29, 0.717) is 19.0 Å². The van der Waals surface area contributed by atoms with E-state index in [1.807, 2.05) is 0 Å². The van der Waals surface area contributed by atoms with Gasteiger partial charge in [-0.15, -0.1) is 0 Å². The molecule has 1 fully saturated rings. The van der Waals surface area contributed by atoms with Crippen LogP contribution in [-0.4, -0.2) is 31.4 Å². The number of rotatable bonds is 4. The van der Waals surface area contributed by atoms with Gasteiger partial charge in [0.05, 0.1) is 0 Å². The molecule has 16 heavy (non-hydrogen) atoms. The zero-order valence-electron chi connectivity index (χ0n) is 10.4. The Balaban J connectivity index is 0.00000225. The Kier molecular flexibility index (Phi) is 9.31. The van der Waals surface area contributed by atoms with Crippen LogP contribution < -0.4 is 51.4 Å². The molecule has 0 bridgehead atoms. The van der Waals surface area contributed by atoms with Crippen LogP contribution in [0.2, 0.25) is 0 Å². The Morgan fingerprint density at radius 3 is 2.44 bits per heavy atom. The zero-order chi connectivity index (χ0) is 11.3. The SMILES string of the molecule is CCCC1CCCN(C[B-](F)(F)F)CC1.[K+]. The van der Waals surface area contributed by atoms with Gasteiger partial charge in [-0.25, -0.2) is 0 Å². The molecule has 0 aromatic heterocycles. The van der Waals surface area contributed by atoms with Gasteiger partial charge in [-0.2, -0.15) is 0 Å². The van der Waals surface area contributed by atoms with E-state index in [4.69, 9.17) is 0 Å². The molecular formula is C10H20BF3KN. The molecule has 1 unspecified atom stereocenters. The smallest absolute Gasteiger partial charge is 0.448 e. The van der Waals surface area contributed by atoms with E-state index in [2.05, 4.69) is 6.92 Å². The van der Waals surface area contributed by atoms with Crippen LogP contribution in [0.4, 0.5) is 12.9 Å². The van der Waals surface area contributed by atoms with Crippen LogP contribution in [-0.2, 0) is 0 Å². The largest absolute Gasteiger partial charge is 1.00 e. The summed E-state index contributed by atoms with van der Waals surface area (Å²) >= 11 is 0. The predicted molar refractivity (Wildman–Crippen MR) is 57.8 cm³/mol. The Bertz CT molecular complexity index is 189. The molecule has 1 heterocycles. The molecule has 90 valence electrons. The summed E-state index contributed by atoms with van der Waals surface area (Å²) in [5.41, 5.74) is 0. The maximum absolute atomic E-state index is 12.2. The molecule has 1 saturated heterocycles. The number of likely N-dealkylation sites (tertiary alicyclic amines) is 1. The minimum atomic E-state index is -4.64. The van der Waals surface area contributed by atoms with Crippen molar-refractivity contribution in [1.29, 1.82) is 0 Å². The van der Waals surface area contributed by atoms with E-state index >= 15 is 0 Å². The molecule has 0 saturated carbocycles. The van der Waals surface area contributed by atoms with Crippen molar-refractivity contribution in [3.05, 3.63) is 0 Å². The molecule has 0 N–H and O–H groups in total. The van der Waals surface area contributed by atoms with Gasteiger partial charge in [0.15, 0.2) is 0 Å². The van der Waals surface area contributed by atoms with Crippen molar-refractivity contribution in [1.82, 2.24) is 4.90 Å². The molecule has 1 rings (SSSR count). The second kappa shape index (κ2) is 8.54. The Labute approximate surface area is 139 Å². The summed E-state index contributed by atoms with van der Waals surface area (Å²) in [5.74, 6) is 0.653. The van der Waals surface area contributed by atoms with E-state index < -0.39 is 13.4 Å². The van der Waals surface area contributed by atoms with E-state index in [-0.39, 0.29) is 51.4 Å². The Hall–Kier alpha value is 1.45. The minimum Gasteiger partial charge on any atom is -0.448 e. The molecule has 1 atom stereocenters. The fraction of sp³-hybridized carbons (Fsp3) is 1.00. The summed E-state index contributed by atoms with van der Waals surface area (Å²) in [7, 11) is 0. The van der Waals surface area contributed by atoms with Crippen LogP contribution in [0.15, 0.2) is 0 Å². The quantitative estimate of drug-likeness (QED) is 0.657. The maximum Gasteiger partial charge on any atom is 1.00 e. The summed E-state index contributed by atoms with van der Waals surface area (Å²) in [6, 6.07) is 0. The van der Waals surface area contributed by atoms with E-state index in [1.165, 1.54) is 6.42 Å². The van der Waals surface area contributed by atoms with Crippen LogP contribution in [0, 0.1) is 5.92 Å². The third-order valence-corrected chi connectivity index (χ3v) is 3.10. The van der Waals surface area contributed by atoms with Crippen molar-refractivity contribution >= 4 is 6.98 Å². The van der Waals surface area contributed by atoms with Gasteiger partial charge in [-0.05, 0) is 44.7 Å². The van der Waals surface area contributed by atoms with Crippen molar-refractivity contribution in [2.45, 2.75) is 39.0 Å². The molecule has 0 aromatic carbocycles. The molecule has 0 aliphatic carbocycles. The van der Waals surface area contributed by atoms with Gasteiger partial charge in [0, 0.05) is 0 Å². The number of hydrogen-bond donors (Lipinski definition) is 0. The van der Waals surface area contributed by atoms with Crippen LogP contribution >= 0.6 is 0 Å². The third kappa shape index (κ3) is 7.72. The number of halogens is 3. The van der Waals surface area contributed by atoms with Gasteiger partial charge in [0.2, 0.25) is 0 Å². The molecule has 0 spiro atoms. The monoisotopic (exact) mass is 261 g/mol. The van der Waals surface area contributed by atoms with Crippen molar-refractivity contribution in [3.8, 4) is 0 Å². The Morgan fingerprint density at radius 1 is 1.19 bits per heavy atom. The van der Waals surface area contributed by atoms with Gasteiger partial charge in [0.1, 0.15) is 0 Å².